The molecule has 1 aliphatic heterocycles. The Morgan fingerprint density at radius 2 is 1.83 bits per heavy atom. The second-order valence-corrected chi connectivity index (χ2v) is 9.76. The number of alkyl carbamates (subject to hydrolysis) is 1. The number of carbonyl (C=O) groups excluding carboxylic acids is 1. The summed E-state index contributed by atoms with van der Waals surface area (Å²) in [5, 5.41) is 13.5. The van der Waals surface area contributed by atoms with Crippen LogP contribution in [0.3, 0.4) is 0 Å². The summed E-state index contributed by atoms with van der Waals surface area (Å²) in [6.45, 7) is 8.28. The summed E-state index contributed by atoms with van der Waals surface area (Å²) in [6.07, 6.45) is 9.76. The standard InChI is InChI=1S/C23H43NO5/c1-5-18(25)16-20(28-21-13-9-10-14-27-21)19(15-17-11-7-6-8-12-17)24-22(26)29-23(2,3)4/h17-21,25H,5-16H2,1-4H3,(H,24,26). The van der Waals surface area contributed by atoms with Gasteiger partial charge in [0.1, 0.15) is 5.60 Å². The van der Waals surface area contributed by atoms with E-state index in [1.54, 1.807) is 0 Å². The van der Waals surface area contributed by atoms with Gasteiger partial charge in [0.2, 0.25) is 0 Å². The van der Waals surface area contributed by atoms with Crippen LogP contribution in [0.2, 0.25) is 0 Å². The number of amides is 1. The van der Waals surface area contributed by atoms with Gasteiger partial charge in [-0.05, 0) is 58.8 Å². The summed E-state index contributed by atoms with van der Waals surface area (Å²) in [5.41, 5.74) is -0.550. The van der Waals surface area contributed by atoms with Gasteiger partial charge < -0.3 is 24.6 Å². The van der Waals surface area contributed by atoms with Crippen molar-refractivity contribution in [3.05, 3.63) is 0 Å². The van der Waals surface area contributed by atoms with Crippen LogP contribution >= 0.6 is 0 Å². The van der Waals surface area contributed by atoms with Crippen molar-refractivity contribution in [1.29, 1.82) is 0 Å². The van der Waals surface area contributed by atoms with Gasteiger partial charge in [-0.25, -0.2) is 4.79 Å². The SMILES string of the molecule is CCC(O)CC(OC1CCCCO1)C(CC1CCCCC1)NC(=O)OC(C)(C)C. The van der Waals surface area contributed by atoms with Crippen LogP contribution in [0, 0.1) is 5.92 Å². The summed E-state index contributed by atoms with van der Waals surface area (Å²) in [6, 6.07) is -0.195. The third kappa shape index (κ3) is 9.67. The molecule has 0 aromatic carbocycles. The Kier molecular flexibility index (Phi) is 10.2. The first-order chi connectivity index (χ1) is 13.8. The van der Waals surface area contributed by atoms with Crippen LogP contribution in [0.4, 0.5) is 4.79 Å². The minimum Gasteiger partial charge on any atom is -0.444 e. The number of aliphatic hydroxyl groups excluding tert-OH is 1. The molecule has 2 N–H and O–H groups in total. The van der Waals surface area contributed by atoms with E-state index in [0.717, 1.165) is 25.7 Å². The molecule has 6 heteroatoms. The molecule has 1 saturated heterocycles. The minimum absolute atomic E-state index is 0.195. The highest BCUT2D eigenvalue weighted by molar-refractivity contribution is 5.68. The maximum absolute atomic E-state index is 12.6. The molecule has 2 aliphatic rings. The minimum atomic E-state index is -0.550. The Bertz CT molecular complexity index is 466. The van der Waals surface area contributed by atoms with Crippen molar-refractivity contribution in [2.75, 3.05) is 6.61 Å². The van der Waals surface area contributed by atoms with Crippen molar-refractivity contribution in [2.45, 2.75) is 128 Å². The third-order valence-corrected chi connectivity index (χ3v) is 5.90. The van der Waals surface area contributed by atoms with E-state index in [-0.39, 0.29) is 18.4 Å². The average Bonchev–Trinajstić information content (AvgIpc) is 2.67. The van der Waals surface area contributed by atoms with Crippen LogP contribution in [-0.2, 0) is 14.2 Å². The van der Waals surface area contributed by atoms with E-state index in [1.165, 1.54) is 32.1 Å². The van der Waals surface area contributed by atoms with E-state index < -0.39 is 17.8 Å². The summed E-state index contributed by atoms with van der Waals surface area (Å²) in [4.78, 5) is 12.6. The summed E-state index contributed by atoms with van der Waals surface area (Å²) >= 11 is 0. The summed E-state index contributed by atoms with van der Waals surface area (Å²) in [5.74, 6) is 0.570. The highest BCUT2D eigenvalue weighted by Crippen LogP contribution is 2.30. The number of nitrogens with one attached hydrogen (secondary N) is 1. The number of carbonyl (C=O) groups is 1. The van der Waals surface area contributed by atoms with E-state index in [4.69, 9.17) is 14.2 Å². The fourth-order valence-corrected chi connectivity index (χ4v) is 4.31. The fraction of sp³-hybridized carbons (Fsp3) is 0.957. The first-order valence-electron chi connectivity index (χ1n) is 11.7. The van der Waals surface area contributed by atoms with E-state index in [9.17, 15) is 9.90 Å². The second-order valence-electron chi connectivity index (χ2n) is 9.76. The van der Waals surface area contributed by atoms with Gasteiger partial charge in [0.15, 0.2) is 6.29 Å². The molecule has 1 saturated carbocycles. The highest BCUT2D eigenvalue weighted by Gasteiger charge is 2.33. The van der Waals surface area contributed by atoms with Gasteiger partial charge in [-0.2, -0.15) is 0 Å². The fourth-order valence-electron chi connectivity index (χ4n) is 4.31. The Morgan fingerprint density at radius 3 is 2.41 bits per heavy atom. The summed E-state index contributed by atoms with van der Waals surface area (Å²) in [7, 11) is 0. The van der Waals surface area contributed by atoms with Crippen LogP contribution in [-0.4, -0.2) is 47.9 Å². The van der Waals surface area contributed by atoms with Gasteiger partial charge in [-0.15, -0.1) is 0 Å². The molecule has 2 fully saturated rings. The molecule has 0 spiro atoms. The highest BCUT2D eigenvalue weighted by atomic mass is 16.7. The Morgan fingerprint density at radius 1 is 1.14 bits per heavy atom. The Labute approximate surface area is 177 Å². The molecule has 1 amide bonds. The van der Waals surface area contributed by atoms with Gasteiger partial charge in [-0.1, -0.05) is 39.0 Å². The Hall–Kier alpha value is -0.850. The zero-order valence-corrected chi connectivity index (χ0v) is 19.0. The molecule has 1 aliphatic carbocycles. The van der Waals surface area contributed by atoms with Crippen LogP contribution in [0.25, 0.3) is 0 Å². The smallest absolute Gasteiger partial charge is 0.407 e. The molecule has 4 atom stereocenters. The molecule has 0 aromatic heterocycles. The van der Waals surface area contributed by atoms with Gasteiger partial charge in [0.25, 0.3) is 0 Å². The predicted molar refractivity (Wildman–Crippen MR) is 114 cm³/mol. The first-order valence-corrected chi connectivity index (χ1v) is 11.7. The maximum Gasteiger partial charge on any atom is 0.407 e. The lowest BCUT2D eigenvalue weighted by atomic mass is 9.83. The molecular formula is C23H43NO5. The van der Waals surface area contributed by atoms with E-state index in [2.05, 4.69) is 5.32 Å². The zero-order valence-electron chi connectivity index (χ0n) is 19.0. The molecule has 0 radical (unpaired) electrons. The van der Waals surface area contributed by atoms with Crippen molar-refractivity contribution in [2.24, 2.45) is 5.92 Å². The van der Waals surface area contributed by atoms with Crippen molar-refractivity contribution >= 4 is 6.09 Å². The number of aliphatic hydroxyl groups is 1. The van der Waals surface area contributed by atoms with Crippen molar-refractivity contribution < 1.29 is 24.1 Å². The van der Waals surface area contributed by atoms with Crippen LogP contribution in [0.5, 0.6) is 0 Å². The number of hydrogen-bond donors (Lipinski definition) is 2. The molecule has 2 rings (SSSR count). The van der Waals surface area contributed by atoms with Crippen LogP contribution in [0.1, 0.15) is 98.3 Å². The quantitative estimate of drug-likeness (QED) is 0.561. The lowest BCUT2D eigenvalue weighted by Crippen LogP contribution is -2.50. The number of rotatable bonds is 9. The number of ether oxygens (including phenoxy) is 3. The van der Waals surface area contributed by atoms with Crippen LogP contribution in [0.15, 0.2) is 0 Å². The van der Waals surface area contributed by atoms with Gasteiger partial charge in [-0.3, -0.25) is 0 Å². The van der Waals surface area contributed by atoms with E-state index in [0.29, 0.717) is 25.4 Å². The maximum atomic E-state index is 12.6. The van der Waals surface area contributed by atoms with Gasteiger partial charge in [0.05, 0.1) is 18.2 Å². The molecule has 29 heavy (non-hydrogen) atoms. The normalized spacial score (nSPS) is 24.5. The second kappa shape index (κ2) is 12.1. The van der Waals surface area contributed by atoms with E-state index >= 15 is 0 Å². The molecule has 4 unspecified atom stereocenters. The topological polar surface area (TPSA) is 77.0 Å². The summed E-state index contributed by atoms with van der Waals surface area (Å²) < 4.78 is 17.7. The molecule has 1 heterocycles. The largest absolute Gasteiger partial charge is 0.444 e. The number of hydrogen-bond acceptors (Lipinski definition) is 5. The van der Waals surface area contributed by atoms with Crippen LogP contribution < -0.4 is 5.32 Å². The van der Waals surface area contributed by atoms with E-state index in [1.807, 2.05) is 27.7 Å². The molecule has 6 nitrogen and oxygen atoms in total. The third-order valence-electron chi connectivity index (χ3n) is 5.90. The first kappa shape index (κ1) is 24.4. The lowest BCUT2D eigenvalue weighted by Gasteiger charge is -2.36. The Balaban J connectivity index is 2.11. The lowest BCUT2D eigenvalue weighted by molar-refractivity contribution is -0.199. The van der Waals surface area contributed by atoms with Crippen molar-refractivity contribution in [3.63, 3.8) is 0 Å². The molecule has 0 aromatic rings. The zero-order chi connectivity index (χ0) is 21.3. The molecule has 0 bridgehead atoms. The van der Waals surface area contributed by atoms with Crippen molar-refractivity contribution in [1.82, 2.24) is 5.32 Å². The van der Waals surface area contributed by atoms with Gasteiger partial charge in [0, 0.05) is 13.0 Å². The molecular weight excluding hydrogens is 370 g/mol. The predicted octanol–water partition coefficient (Wildman–Crippen LogP) is 4.92. The average molecular weight is 414 g/mol. The van der Waals surface area contributed by atoms with Crippen molar-refractivity contribution in [3.8, 4) is 0 Å². The molecule has 170 valence electrons. The monoisotopic (exact) mass is 413 g/mol. The van der Waals surface area contributed by atoms with Gasteiger partial charge >= 0.3 is 6.09 Å².